The van der Waals surface area contributed by atoms with E-state index in [0.29, 0.717) is 25.4 Å². The minimum absolute atomic E-state index is 0.000399. The molecule has 0 unspecified atom stereocenters. The van der Waals surface area contributed by atoms with Crippen LogP contribution in [-0.4, -0.2) is 41.1 Å². The topological polar surface area (TPSA) is 42.4 Å². The van der Waals surface area contributed by atoms with Crippen molar-refractivity contribution in [3.05, 3.63) is 28.6 Å². The van der Waals surface area contributed by atoms with Crippen LogP contribution in [0.1, 0.15) is 24.3 Å². The number of morpholine rings is 1. The molecule has 0 atom stereocenters. The highest BCUT2D eigenvalue weighted by atomic mass is 32.1. The van der Waals surface area contributed by atoms with Gasteiger partial charge in [-0.2, -0.15) is 0 Å². The van der Waals surface area contributed by atoms with E-state index >= 15 is 0 Å². The second-order valence-corrected chi connectivity index (χ2v) is 7.16. The second kappa shape index (κ2) is 5.27. The van der Waals surface area contributed by atoms with Gasteiger partial charge in [0.25, 0.3) is 5.91 Å². The first kappa shape index (κ1) is 13.7. The fourth-order valence-electron chi connectivity index (χ4n) is 2.24. The molecule has 1 fully saturated rings. The van der Waals surface area contributed by atoms with Crippen molar-refractivity contribution in [3.8, 4) is 9.88 Å². The van der Waals surface area contributed by atoms with E-state index in [0.717, 1.165) is 9.88 Å². The van der Waals surface area contributed by atoms with Crippen LogP contribution in [0.5, 0.6) is 0 Å². The Balaban J connectivity index is 1.78. The molecule has 1 aliphatic heterocycles. The van der Waals surface area contributed by atoms with E-state index in [9.17, 15) is 4.79 Å². The highest BCUT2D eigenvalue weighted by Crippen LogP contribution is 2.28. The van der Waals surface area contributed by atoms with Crippen LogP contribution in [0.15, 0.2) is 22.9 Å². The average Bonchev–Trinajstić information content (AvgIpc) is 3.07. The first-order valence-corrected chi connectivity index (χ1v) is 8.24. The lowest BCUT2D eigenvalue weighted by Crippen LogP contribution is -2.50. The van der Waals surface area contributed by atoms with Crippen LogP contribution in [0.3, 0.4) is 0 Å². The number of aromatic nitrogens is 1. The van der Waals surface area contributed by atoms with Gasteiger partial charge in [-0.05, 0) is 25.3 Å². The predicted octanol–water partition coefficient (Wildman–Crippen LogP) is 3.12. The normalized spacial score (nSPS) is 18.2. The molecule has 0 aliphatic carbocycles. The Morgan fingerprint density at radius 1 is 1.45 bits per heavy atom. The highest BCUT2D eigenvalue weighted by Gasteiger charge is 2.31. The SMILES string of the molecule is CC1(C)CN(C(=O)c2csc(-c3cccs3)n2)CCO1. The molecule has 0 aromatic carbocycles. The predicted molar refractivity (Wildman–Crippen MR) is 81.4 cm³/mol. The molecule has 106 valence electrons. The third-order valence-electron chi connectivity index (χ3n) is 3.17. The zero-order chi connectivity index (χ0) is 14.2. The Hall–Kier alpha value is -1.24. The standard InChI is InChI=1S/C14H16N2O2S2/c1-14(2)9-16(5-6-18-14)13(17)10-8-20-12(15-10)11-4-3-7-19-11/h3-4,7-8H,5-6,9H2,1-2H3. The van der Waals surface area contributed by atoms with E-state index < -0.39 is 0 Å². The van der Waals surface area contributed by atoms with Crippen LogP contribution < -0.4 is 0 Å². The van der Waals surface area contributed by atoms with Crippen molar-refractivity contribution in [2.45, 2.75) is 19.4 Å². The molecule has 2 aromatic heterocycles. The summed E-state index contributed by atoms with van der Waals surface area (Å²) >= 11 is 3.16. The number of hydrogen-bond donors (Lipinski definition) is 0. The van der Waals surface area contributed by atoms with Crippen molar-refractivity contribution < 1.29 is 9.53 Å². The summed E-state index contributed by atoms with van der Waals surface area (Å²) in [6, 6.07) is 4.02. The zero-order valence-corrected chi connectivity index (χ0v) is 13.1. The summed E-state index contributed by atoms with van der Waals surface area (Å²) in [5.41, 5.74) is 0.261. The number of nitrogens with zero attached hydrogens (tertiary/aromatic N) is 2. The summed E-state index contributed by atoms with van der Waals surface area (Å²) in [6.45, 7) is 5.83. The number of rotatable bonds is 2. The minimum Gasteiger partial charge on any atom is -0.372 e. The van der Waals surface area contributed by atoms with Gasteiger partial charge in [0.05, 0.1) is 17.1 Å². The molecule has 0 spiro atoms. The summed E-state index contributed by atoms with van der Waals surface area (Å²) in [5, 5.41) is 4.78. The summed E-state index contributed by atoms with van der Waals surface area (Å²) < 4.78 is 5.64. The van der Waals surface area contributed by atoms with Crippen LogP contribution in [-0.2, 0) is 4.74 Å². The van der Waals surface area contributed by atoms with Gasteiger partial charge in [0.2, 0.25) is 0 Å². The maximum Gasteiger partial charge on any atom is 0.273 e. The van der Waals surface area contributed by atoms with Crippen molar-refractivity contribution in [3.63, 3.8) is 0 Å². The summed E-state index contributed by atoms with van der Waals surface area (Å²) in [6.07, 6.45) is 0. The van der Waals surface area contributed by atoms with E-state index in [4.69, 9.17) is 4.74 Å². The molecule has 20 heavy (non-hydrogen) atoms. The molecule has 0 saturated carbocycles. The maximum atomic E-state index is 12.5. The van der Waals surface area contributed by atoms with Crippen LogP contribution in [0.25, 0.3) is 9.88 Å². The number of carbonyl (C=O) groups is 1. The molecule has 3 rings (SSSR count). The molecule has 6 heteroatoms. The van der Waals surface area contributed by atoms with E-state index in [1.165, 1.54) is 11.3 Å². The molecule has 1 saturated heterocycles. The number of thiophene rings is 1. The molecular formula is C14H16N2O2S2. The Morgan fingerprint density at radius 3 is 3.00 bits per heavy atom. The molecule has 0 N–H and O–H groups in total. The zero-order valence-electron chi connectivity index (χ0n) is 11.5. The molecule has 2 aromatic rings. The number of thiazole rings is 1. The van der Waals surface area contributed by atoms with Gasteiger partial charge in [-0.3, -0.25) is 4.79 Å². The molecule has 0 bridgehead atoms. The van der Waals surface area contributed by atoms with Crippen LogP contribution in [0.4, 0.5) is 0 Å². The monoisotopic (exact) mass is 308 g/mol. The first-order chi connectivity index (χ1) is 9.55. The van der Waals surface area contributed by atoms with Crippen LogP contribution in [0, 0.1) is 0 Å². The summed E-state index contributed by atoms with van der Waals surface area (Å²) in [4.78, 5) is 19.9. The fraction of sp³-hybridized carbons (Fsp3) is 0.429. The fourth-order valence-corrected chi connectivity index (χ4v) is 3.85. The molecular weight excluding hydrogens is 292 g/mol. The minimum atomic E-state index is -0.277. The van der Waals surface area contributed by atoms with Gasteiger partial charge in [-0.25, -0.2) is 4.98 Å². The lowest BCUT2D eigenvalue weighted by molar-refractivity contribution is -0.0764. The largest absolute Gasteiger partial charge is 0.372 e. The van der Waals surface area contributed by atoms with E-state index in [1.807, 2.05) is 41.6 Å². The molecule has 1 amide bonds. The lowest BCUT2D eigenvalue weighted by atomic mass is 10.1. The lowest BCUT2D eigenvalue weighted by Gasteiger charge is -2.37. The van der Waals surface area contributed by atoms with Crippen molar-refractivity contribution >= 4 is 28.6 Å². The van der Waals surface area contributed by atoms with E-state index in [-0.39, 0.29) is 11.5 Å². The smallest absolute Gasteiger partial charge is 0.273 e. The van der Waals surface area contributed by atoms with Gasteiger partial charge in [0, 0.05) is 18.5 Å². The van der Waals surface area contributed by atoms with Crippen molar-refractivity contribution in [1.82, 2.24) is 9.88 Å². The summed E-state index contributed by atoms with van der Waals surface area (Å²) in [5.74, 6) is 0.000399. The van der Waals surface area contributed by atoms with E-state index in [1.54, 1.807) is 11.3 Å². The third kappa shape index (κ3) is 2.77. The molecule has 0 radical (unpaired) electrons. The van der Waals surface area contributed by atoms with Gasteiger partial charge in [0.1, 0.15) is 10.7 Å². The number of amides is 1. The number of carbonyl (C=O) groups excluding carboxylic acids is 1. The molecule has 3 heterocycles. The number of ether oxygens (including phenoxy) is 1. The third-order valence-corrected chi connectivity index (χ3v) is 5.05. The first-order valence-electron chi connectivity index (χ1n) is 6.48. The van der Waals surface area contributed by atoms with Gasteiger partial charge >= 0.3 is 0 Å². The molecule has 1 aliphatic rings. The Morgan fingerprint density at radius 2 is 2.30 bits per heavy atom. The van der Waals surface area contributed by atoms with E-state index in [2.05, 4.69) is 4.98 Å². The Bertz CT molecular complexity index is 604. The van der Waals surface area contributed by atoms with Gasteiger partial charge < -0.3 is 9.64 Å². The maximum absolute atomic E-state index is 12.5. The van der Waals surface area contributed by atoms with Gasteiger partial charge in [0.15, 0.2) is 0 Å². The highest BCUT2D eigenvalue weighted by molar-refractivity contribution is 7.20. The molecule has 4 nitrogen and oxygen atoms in total. The van der Waals surface area contributed by atoms with Gasteiger partial charge in [-0.15, -0.1) is 22.7 Å². The Labute approximate surface area is 126 Å². The van der Waals surface area contributed by atoms with Crippen molar-refractivity contribution in [2.75, 3.05) is 19.7 Å². The van der Waals surface area contributed by atoms with Crippen molar-refractivity contribution in [2.24, 2.45) is 0 Å². The quantitative estimate of drug-likeness (QED) is 0.856. The van der Waals surface area contributed by atoms with Gasteiger partial charge in [-0.1, -0.05) is 6.07 Å². The number of hydrogen-bond acceptors (Lipinski definition) is 5. The van der Waals surface area contributed by atoms with Crippen LogP contribution in [0.2, 0.25) is 0 Å². The Kier molecular flexibility index (Phi) is 3.62. The van der Waals surface area contributed by atoms with Crippen molar-refractivity contribution in [1.29, 1.82) is 0 Å². The summed E-state index contributed by atoms with van der Waals surface area (Å²) in [7, 11) is 0. The average molecular weight is 308 g/mol. The second-order valence-electron chi connectivity index (χ2n) is 5.35. The van der Waals surface area contributed by atoms with Crippen LogP contribution >= 0.6 is 22.7 Å².